The molecule has 2 N–H and O–H groups in total. The predicted molar refractivity (Wildman–Crippen MR) is 79.2 cm³/mol. The fourth-order valence-electron chi connectivity index (χ4n) is 1.86. The minimum Gasteiger partial charge on any atom is -0.389 e. The molecule has 0 aliphatic rings. The Bertz CT molecular complexity index is 519. The number of sulfonamides is 1. The van der Waals surface area contributed by atoms with Gasteiger partial charge in [-0.2, -0.15) is 0 Å². The molecule has 1 aromatic heterocycles. The quantitative estimate of drug-likeness (QED) is 0.845. The van der Waals surface area contributed by atoms with Crippen LogP contribution in [0.4, 0.5) is 0 Å². The number of aliphatic hydroxyl groups is 1. The first-order valence-corrected chi connectivity index (χ1v) is 8.75. The van der Waals surface area contributed by atoms with E-state index in [4.69, 9.17) is 11.6 Å². The fraction of sp³-hybridized carbons (Fsp3) is 0.667. The third-order valence-electron chi connectivity index (χ3n) is 3.07. The number of hydrogen-bond donors (Lipinski definition) is 2. The van der Waals surface area contributed by atoms with E-state index >= 15 is 0 Å². The average Bonchev–Trinajstić information content (AvgIpc) is 2.71. The molecule has 2 atom stereocenters. The predicted octanol–water partition coefficient (Wildman–Crippen LogP) is 2.87. The Morgan fingerprint density at radius 1 is 1.47 bits per heavy atom. The summed E-state index contributed by atoms with van der Waals surface area (Å²) in [4.78, 5) is 0. The third-order valence-corrected chi connectivity index (χ3v) is 6.23. The molecular weight excluding hydrogens is 306 g/mol. The van der Waals surface area contributed by atoms with Gasteiger partial charge in [0, 0.05) is 0 Å². The Labute approximate surface area is 123 Å². The molecule has 0 spiro atoms. The van der Waals surface area contributed by atoms with E-state index in [1.165, 1.54) is 6.07 Å². The normalized spacial score (nSPS) is 16.3. The smallest absolute Gasteiger partial charge is 0.250 e. The van der Waals surface area contributed by atoms with Crippen LogP contribution < -0.4 is 4.72 Å². The number of hydrogen-bond acceptors (Lipinski definition) is 4. The molecule has 1 heterocycles. The van der Waals surface area contributed by atoms with Gasteiger partial charge in [-0.05, 0) is 31.9 Å². The summed E-state index contributed by atoms with van der Waals surface area (Å²) in [5.41, 5.74) is -1.14. The van der Waals surface area contributed by atoms with Gasteiger partial charge < -0.3 is 5.11 Å². The zero-order valence-corrected chi connectivity index (χ0v) is 13.9. The van der Waals surface area contributed by atoms with Crippen LogP contribution in [0, 0.1) is 5.92 Å². The van der Waals surface area contributed by atoms with Crippen molar-refractivity contribution in [3.8, 4) is 0 Å². The molecule has 0 aliphatic carbocycles. The van der Waals surface area contributed by atoms with Crippen LogP contribution in [0.5, 0.6) is 0 Å². The Morgan fingerprint density at radius 3 is 2.42 bits per heavy atom. The second-order valence-corrected chi connectivity index (χ2v) is 8.85. The van der Waals surface area contributed by atoms with Crippen molar-refractivity contribution in [1.29, 1.82) is 0 Å². The van der Waals surface area contributed by atoms with Crippen LogP contribution in [0.2, 0.25) is 4.34 Å². The average molecular weight is 326 g/mol. The molecule has 1 rings (SSSR count). The van der Waals surface area contributed by atoms with Crippen LogP contribution in [0.25, 0.3) is 0 Å². The highest BCUT2D eigenvalue weighted by Crippen LogP contribution is 2.28. The van der Waals surface area contributed by atoms with Crippen molar-refractivity contribution in [2.45, 2.75) is 50.0 Å². The van der Waals surface area contributed by atoms with Gasteiger partial charge in [0.1, 0.15) is 4.21 Å². The van der Waals surface area contributed by atoms with Crippen molar-refractivity contribution in [2.75, 3.05) is 0 Å². The number of rotatable bonds is 6. The van der Waals surface area contributed by atoms with Gasteiger partial charge in [-0.25, -0.2) is 13.1 Å². The van der Waals surface area contributed by atoms with Crippen LogP contribution in [0.3, 0.4) is 0 Å². The summed E-state index contributed by atoms with van der Waals surface area (Å²) in [5, 5.41) is 10.1. The van der Waals surface area contributed by atoms with Crippen molar-refractivity contribution in [1.82, 2.24) is 4.72 Å². The van der Waals surface area contributed by atoms with E-state index in [9.17, 15) is 13.5 Å². The van der Waals surface area contributed by atoms with Gasteiger partial charge in [0.25, 0.3) is 0 Å². The molecule has 110 valence electrons. The fourth-order valence-corrected chi connectivity index (χ4v) is 4.84. The highest BCUT2D eigenvalue weighted by atomic mass is 35.5. The van der Waals surface area contributed by atoms with Crippen molar-refractivity contribution in [3.63, 3.8) is 0 Å². The maximum absolute atomic E-state index is 12.3. The molecule has 0 aliphatic heterocycles. The zero-order valence-electron chi connectivity index (χ0n) is 11.5. The number of thiophene rings is 1. The lowest BCUT2D eigenvalue weighted by Crippen LogP contribution is -2.52. The monoisotopic (exact) mass is 325 g/mol. The second-order valence-electron chi connectivity index (χ2n) is 5.20. The van der Waals surface area contributed by atoms with Crippen LogP contribution in [0.15, 0.2) is 16.3 Å². The number of nitrogens with one attached hydrogen (secondary N) is 1. The second kappa shape index (κ2) is 6.10. The van der Waals surface area contributed by atoms with Gasteiger partial charge in [0.15, 0.2) is 0 Å². The van der Waals surface area contributed by atoms with E-state index < -0.39 is 21.7 Å². The van der Waals surface area contributed by atoms with Gasteiger partial charge in [0.2, 0.25) is 10.0 Å². The van der Waals surface area contributed by atoms with Gasteiger partial charge in [-0.15, -0.1) is 11.3 Å². The van der Waals surface area contributed by atoms with Crippen molar-refractivity contribution in [3.05, 3.63) is 16.5 Å². The minimum absolute atomic E-state index is 0.0187. The lowest BCUT2D eigenvalue weighted by molar-refractivity contribution is 0.0257. The van der Waals surface area contributed by atoms with Gasteiger partial charge in [-0.3, -0.25) is 0 Å². The lowest BCUT2D eigenvalue weighted by Gasteiger charge is -2.34. The van der Waals surface area contributed by atoms with E-state index in [0.717, 1.165) is 17.8 Å². The largest absolute Gasteiger partial charge is 0.389 e. The molecule has 0 aromatic carbocycles. The molecule has 0 saturated carbocycles. The van der Waals surface area contributed by atoms with Crippen LogP contribution in [0.1, 0.15) is 34.1 Å². The SMILES string of the molecule is CC[C@H](C)C(NS(=O)(=O)c1ccc(Cl)s1)C(C)(C)O. The molecule has 19 heavy (non-hydrogen) atoms. The van der Waals surface area contributed by atoms with Crippen LogP contribution >= 0.6 is 22.9 Å². The molecule has 1 unspecified atom stereocenters. The molecule has 7 heteroatoms. The van der Waals surface area contributed by atoms with E-state index in [1.54, 1.807) is 19.9 Å². The van der Waals surface area contributed by atoms with Gasteiger partial charge in [0.05, 0.1) is 16.0 Å². The Morgan fingerprint density at radius 2 is 2.05 bits per heavy atom. The van der Waals surface area contributed by atoms with Crippen molar-refractivity contribution >= 4 is 33.0 Å². The Kier molecular flexibility index (Phi) is 5.43. The molecule has 0 fully saturated rings. The topological polar surface area (TPSA) is 66.4 Å². The molecule has 4 nitrogen and oxygen atoms in total. The van der Waals surface area contributed by atoms with Crippen LogP contribution in [-0.2, 0) is 10.0 Å². The van der Waals surface area contributed by atoms with Crippen molar-refractivity contribution in [2.24, 2.45) is 5.92 Å². The molecule has 0 radical (unpaired) electrons. The summed E-state index contributed by atoms with van der Waals surface area (Å²) in [6.45, 7) is 7.08. The summed E-state index contributed by atoms with van der Waals surface area (Å²) >= 11 is 6.76. The van der Waals surface area contributed by atoms with E-state index in [2.05, 4.69) is 4.72 Å². The zero-order chi connectivity index (χ0) is 14.8. The third kappa shape index (κ3) is 4.43. The summed E-state index contributed by atoms with van der Waals surface area (Å²) in [6, 6.07) is 2.46. The first kappa shape index (κ1) is 16.9. The lowest BCUT2D eigenvalue weighted by atomic mass is 9.87. The van der Waals surface area contributed by atoms with E-state index in [-0.39, 0.29) is 10.1 Å². The maximum atomic E-state index is 12.3. The van der Waals surface area contributed by atoms with E-state index in [0.29, 0.717) is 4.34 Å². The first-order chi connectivity index (χ1) is 8.58. The van der Waals surface area contributed by atoms with Gasteiger partial charge in [-0.1, -0.05) is 31.9 Å². The maximum Gasteiger partial charge on any atom is 0.250 e. The summed E-state index contributed by atoms with van der Waals surface area (Å²) in [6.07, 6.45) is 0.766. The van der Waals surface area contributed by atoms with Crippen LogP contribution in [-0.4, -0.2) is 25.2 Å². The molecule has 0 saturated heterocycles. The standard InChI is InChI=1S/C12H20ClNO3S2/c1-5-8(2)11(12(3,4)15)14-19(16,17)10-7-6-9(13)18-10/h6-8,11,14-15H,5H2,1-4H3/t8-,11?/m0/s1. The van der Waals surface area contributed by atoms with E-state index in [1.807, 2.05) is 13.8 Å². The van der Waals surface area contributed by atoms with Gasteiger partial charge >= 0.3 is 0 Å². The summed E-state index contributed by atoms with van der Waals surface area (Å²) < 4.78 is 27.7. The highest BCUT2D eigenvalue weighted by molar-refractivity contribution is 7.91. The Hall–Kier alpha value is -0.140. The van der Waals surface area contributed by atoms with Crippen molar-refractivity contribution < 1.29 is 13.5 Å². The first-order valence-electron chi connectivity index (χ1n) is 6.08. The summed E-state index contributed by atoms with van der Waals surface area (Å²) in [7, 11) is -3.65. The Balaban J connectivity index is 3.03. The summed E-state index contributed by atoms with van der Waals surface area (Å²) in [5.74, 6) is 0.0187. The minimum atomic E-state index is -3.65. The molecule has 1 aromatic rings. The molecular formula is C12H20ClNO3S2. The molecule has 0 amide bonds. The molecule has 0 bridgehead atoms. The highest BCUT2D eigenvalue weighted by Gasteiger charge is 2.35. The number of halogens is 1.